The van der Waals surface area contributed by atoms with Crippen LogP contribution in [0.25, 0.3) is 32.1 Å². The Morgan fingerprint density at radius 2 is 2.06 bits per heavy atom. The molecule has 3 atom stereocenters. The van der Waals surface area contributed by atoms with E-state index in [1.165, 1.54) is 12.1 Å². The number of nitrogens with two attached hydrogens (primary N) is 1. The molecule has 282 valence electrons. The lowest BCUT2D eigenvalue weighted by Crippen LogP contribution is -2.43. The van der Waals surface area contributed by atoms with Crippen LogP contribution in [0.15, 0.2) is 12.1 Å². The number of hydrogen-bond acceptors (Lipinski definition) is 12. The molecule has 5 heterocycles. The van der Waals surface area contributed by atoms with E-state index in [4.69, 9.17) is 36.5 Å². The van der Waals surface area contributed by atoms with Crippen molar-refractivity contribution in [2.45, 2.75) is 57.3 Å². The third-order valence-corrected chi connectivity index (χ3v) is 11.8. The fourth-order valence-electron chi connectivity index (χ4n) is 7.66. The summed E-state index contributed by atoms with van der Waals surface area (Å²) >= 11 is 8.06. The van der Waals surface area contributed by atoms with Gasteiger partial charge < -0.3 is 29.7 Å². The van der Waals surface area contributed by atoms with E-state index in [2.05, 4.69) is 9.88 Å². The monoisotopic (exact) mass is 771 g/mol. The first-order valence-electron chi connectivity index (χ1n) is 17.7. The first-order valence-corrected chi connectivity index (χ1v) is 18.9. The Kier molecular flexibility index (Phi) is 10.3. The van der Waals surface area contributed by atoms with E-state index in [9.17, 15) is 14.4 Å². The number of nitriles is 1. The van der Waals surface area contributed by atoms with Gasteiger partial charge in [0.15, 0.2) is 11.6 Å². The number of alkyl halides is 1. The van der Waals surface area contributed by atoms with Crippen molar-refractivity contribution < 1.29 is 32.2 Å². The Balaban J connectivity index is 1.45. The zero-order chi connectivity index (χ0) is 37.8. The van der Waals surface area contributed by atoms with Crippen molar-refractivity contribution in [1.82, 2.24) is 19.8 Å². The molecule has 2 fully saturated rings. The summed E-state index contributed by atoms with van der Waals surface area (Å²) < 4.78 is 65.8. The van der Waals surface area contributed by atoms with Crippen molar-refractivity contribution in [1.29, 1.82) is 5.26 Å². The minimum atomic E-state index is -0.974. The molecule has 3 aliphatic heterocycles. The normalized spacial score (nSPS) is 21.6. The Labute approximate surface area is 314 Å². The maximum absolute atomic E-state index is 17.5. The zero-order valence-electron chi connectivity index (χ0n) is 30.0. The van der Waals surface area contributed by atoms with Crippen LogP contribution in [0.5, 0.6) is 11.8 Å². The number of benzene rings is 2. The smallest absolute Gasteiger partial charge is 0.319 e. The molecule has 2 aromatic carbocycles. The number of rotatable bonds is 10. The second kappa shape index (κ2) is 14.6. The van der Waals surface area contributed by atoms with Crippen LogP contribution >= 0.6 is 22.9 Å². The molecule has 0 radical (unpaired) electrons. The highest BCUT2D eigenvalue weighted by atomic mass is 35.5. The van der Waals surface area contributed by atoms with Gasteiger partial charge in [-0.15, -0.1) is 11.3 Å². The minimum absolute atomic E-state index is 0.0116. The third-order valence-electron chi connectivity index (χ3n) is 10.4. The number of nitrogen functional groups attached to an aromatic ring is 1. The molecule has 11 nitrogen and oxygen atoms in total. The Bertz CT molecular complexity index is 2130. The van der Waals surface area contributed by atoms with Crippen molar-refractivity contribution in [2.24, 2.45) is 5.92 Å². The quantitative estimate of drug-likeness (QED) is 0.176. The van der Waals surface area contributed by atoms with Crippen LogP contribution in [0.1, 0.15) is 45.1 Å². The average Bonchev–Trinajstić information content (AvgIpc) is 3.76. The Hall–Kier alpha value is -4.10. The number of esters is 1. The molecule has 1 unspecified atom stereocenters. The predicted octanol–water partition coefficient (Wildman–Crippen LogP) is 6.57. The molecule has 0 amide bonds. The van der Waals surface area contributed by atoms with Crippen LogP contribution in [0.3, 0.4) is 0 Å². The molecule has 0 aliphatic carbocycles. The SMILES string of the molecule is CC(C)C(=O)OCC1CCN(CCN(C)C)c2nc(OC[C@@]34CCCN3C[C@H](F)C4)nc3c(F)c(-c4ccc(F)c5sc(N)c(C#N)c45)c(Cl)c(c23)O1. The van der Waals surface area contributed by atoms with Gasteiger partial charge in [-0.1, -0.05) is 31.5 Å². The minimum Gasteiger partial charge on any atom is -0.484 e. The van der Waals surface area contributed by atoms with Crippen LogP contribution in [0.2, 0.25) is 5.02 Å². The number of carbonyl (C=O) groups is 1. The first-order chi connectivity index (χ1) is 25.3. The number of aromatic nitrogens is 2. The summed E-state index contributed by atoms with van der Waals surface area (Å²) in [7, 11) is 3.87. The van der Waals surface area contributed by atoms with Crippen LogP contribution < -0.4 is 20.1 Å². The highest BCUT2D eigenvalue weighted by molar-refractivity contribution is 7.23. The summed E-state index contributed by atoms with van der Waals surface area (Å²) in [5, 5.41) is 10.2. The summed E-state index contributed by atoms with van der Waals surface area (Å²) in [5.41, 5.74) is 5.38. The van der Waals surface area contributed by atoms with Gasteiger partial charge in [-0.05, 0) is 45.1 Å². The van der Waals surface area contributed by atoms with Crippen molar-refractivity contribution in [3.05, 3.63) is 34.4 Å². The van der Waals surface area contributed by atoms with E-state index in [1.54, 1.807) is 13.8 Å². The summed E-state index contributed by atoms with van der Waals surface area (Å²) in [6.45, 7) is 6.04. The molecule has 2 aromatic heterocycles. The predicted molar refractivity (Wildman–Crippen MR) is 199 cm³/mol. The number of fused-ring (bicyclic) bond motifs is 2. The standard InChI is InChI=1S/C37H41ClF3N7O4S/c1-19(2)35(49)50-17-21-8-11-47(13-12-46(3)4)34-27-30(44-36(45-34)51-18-37-9-5-10-48(37)16-20(39)14-37)29(41)26(28(38)31(27)52-21)22-6-7-24(40)32-25(22)23(15-42)33(43)53-32/h6-7,19-21H,5,8-14,16-18,43H2,1-4H3/t20-,21?,37+/m1/s1. The highest BCUT2D eigenvalue weighted by Crippen LogP contribution is 2.51. The van der Waals surface area contributed by atoms with Crippen molar-refractivity contribution in [2.75, 3.05) is 70.7 Å². The fraction of sp³-hybridized carbons (Fsp3) is 0.514. The number of hydrogen-bond donors (Lipinski definition) is 1. The van der Waals surface area contributed by atoms with Gasteiger partial charge in [-0.25, -0.2) is 13.2 Å². The summed E-state index contributed by atoms with van der Waals surface area (Å²) in [6, 6.07) is 4.45. The number of anilines is 2. The zero-order valence-corrected chi connectivity index (χ0v) is 31.6. The molecule has 2 saturated heterocycles. The van der Waals surface area contributed by atoms with Gasteiger partial charge in [0.25, 0.3) is 0 Å². The largest absolute Gasteiger partial charge is 0.484 e. The van der Waals surface area contributed by atoms with E-state index >= 15 is 8.78 Å². The molecule has 0 spiro atoms. The van der Waals surface area contributed by atoms with Crippen LogP contribution in [-0.4, -0.2) is 104 Å². The van der Waals surface area contributed by atoms with Gasteiger partial charge in [0.1, 0.15) is 53.7 Å². The summed E-state index contributed by atoms with van der Waals surface area (Å²) in [5.74, 6) is -1.91. The molecule has 7 rings (SSSR count). The van der Waals surface area contributed by atoms with Crippen molar-refractivity contribution in [3.8, 4) is 29.0 Å². The van der Waals surface area contributed by atoms with E-state index in [1.807, 2.05) is 30.0 Å². The molecular formula is C37H41ClF3N7O4S. The second-order valence-corrected chi connectivity index (χ2v) is 16.0. The lowest BCUT2D eigenvalue weighted by Gasteiger charge is -2.33. The fourth-order valence-corrected chi connectivity index (χ4v) is 8.93. The third kappa shape index (κ3) is 6.79. The lowest BCUT2D eigenvalue weighted by molar-refractivity contribution is -0.149. The van der Waals surface area contributed by atoms with Gasteiger partial charge >= 0.3 is 12.0 Å². The van der Waals surface area contributed by atoms with Gasteiger partial charge in [-0.2, -0.15) is 15.2 Å². The van der Waals surface area contributed by atoms with Crippen LogP contribution in [-0.2, 0) is 9.53 Å². The van der Waals surface area contributed by atoms with Crippen molar-refractivity contribution in [3.63, 3.8) is 0 Å². The Morgan fingerprint density at radius 1 is 1.26 bits per heavy atom. The Morgan fingerprint density at radius 3 is 2.79 bits per heavy atom. The molecule has 16 heteroatoms. The van der Waals surface area contributed by atoms with Gasteiger partial charge in [0.05, 0.1) is 32.1 Å². The topological polar surface area (TPSA) is 130 Å². The van der Waals surface area contributed by atoms with E-state index in [0.717, 1.165) is 30.7 Å². The molecule has 0 bridgehead atoms. The van der Waals surface area contributed by atoms with Crippen molar-refractivity contribution >= 4 is 60.7 Å². The van der Waals surface area contributed by atoms with Gasteiger partial charge in [0.2, 0.25) is 0 Å². The van der Waals surface area contributed by atoms with E-state index < -0.39 is 35.4 Å². The summed E-state index contributed by atoms with van der Waals surface area (Å²) in [4.78, 5) is 28.1. The van der Waals surface area contributed by atoms with Gasteiger partial charge in [-0.3, -0.25) is 9.69 Å². The number of likely N-dealkylation sites (N-methyl/N-ethyl adjacent to an activating group) is 1. The second-order valence-electron chi connectivity index (χ2n) is 14.6. The first kappa shape index (κ1) is 37.2. The molecule has 3 aliphatic rings. The van der Waals surface area contributed by atoms with Gasteiger partial charge in [0, 0.05) is 50.0 Å². The van der Waals surface area contributed by atoms with E-state index in [-0.39, 0.29) is 78.6 Å². The number of carbonyl (C=O) groups excluding carboxylic acids is 1. The molecule has 0 saturated carbocycles. The van der Waals surface area contributed by atoms with Crippen LogP contribution in [0, 0.1) is 28.9 Å². The maximum Gasteiger partial charge on any atom is 0.319 e. The molecule has 2 N–H and O–H groups in total. The number of thiophene rings is 1. The number of ether oxygens (including phenoxy) is 3. The summed E-state index contributed by atoms with van der Waals surface area (Å²) in [6.07, 6.45) is 0.682. The maximum atomic E-state index is 17.5. The lowest BCUT2D eigenvalue weighted by atomic mass is 9.95. The highest BCUT2D eigenvalue weighted by Gasteiger charge is 2.49. The number of nitrogens with zero attached hydrogens (tertiary/aromatic N) is 6. The van der Waals surface area contributed by atoms with Crippen LogP contribution in [0.4, 0.5) is 24.0 Å². The molecule has 53 heavy (non-hydrogen) atoms. The van der Waals surface area contributed by atoms with E-state index in [0.29, 0.717) is 44.8 Å². The number of halogens is 4. The average molecular weight is 772 g/mol. The molecular weight excluding hydrogens is 731 g/mol. The molecule has 4 aromatic rings.